The molecule has 4 rings (SSSR count). The van der Waals surface area contributed by atoms with E-state index < -0.39 is 22.5 Å². The van der Waals surface area contributed by atoms with E-state index in [0.29, 0.717) is 21.4 Å². The fourth-order valence-electron chi connectivity index (χ4n) is 3.29. The topological polar surface area (TPSA) is 130 Å². The van der Waals surface area contributed by atoms with Crippen LogP contribution in [0.3, 0.4) is 0 Å². The van der Waals surface area contributed by atoms with Gasteiger partial charge in [0.05, 0.1) is 39.6 Å². The molecule has 2 aromatic carbocycles. The number of methoxy groups -OCH3 is 4. The Balaban J connectivity index is 1.66. The number of amides is 1. The Bertz CT molecular complexity index is 1300. The van der Waals surface area contributed by atoms with Gasteiger partial charge in [-0.25, -0.2) is 12.7 Å². The third kappa shape index (κ3) is 3.38. The highest BCUT2D eigenvalue weighted by atomic mass is 32.2. The van der Waals surface area contributed by atoms with Crippen molar-refractivity contribution in [1.82, 2.24) is 14.4 Å². The zero-order valence-electron chi connectivity index (χ0n) is 17.6. The second-order valence-corrected chi connectivity index (χ2v) is 8.43. The van der Waals surface area contributed by atoms with Crippen LogP contribution in [0.2, 0.25) is 0 Å². The molecule has 0 spiro atoms. The van der Waals surface area contributed by atoms with Crippen LogP contribution < -0.4 is 18.9 Å². The minimum absolute atomic E-state index is 0.0285. The molecule has 0 fully saturated rings. The lowest BCUT2D eigenvalue weighted by molar-refractivity contribution is 0.0854. The number of benzene rings is 2. The van der Waals surface area contributed by atoms with E-state index in [1.165, 1.54) is 40.6 Å². The van der Waals surface area contributed by atoms with E-state index in [-0.39, 0.29) is 33.7 Å². The summed E-state index contributed by atoms with van der Waals surface area (Å²) in [4.78, 5) is 16.9. The first-order valence-electron chi connectivity index (χ1n) is 9.22. The molecule has 0 unspecified atom stereocenters. The summed E-state index contributed by atoms with van der Waals surface area (Å²) in [6, 6.07) is 7.60. The van der Waals surface area contributed by atoms with E-state index in [1.807, 2.05) is 0 Å². The van der Waals surface area contributed by atoms with Crippen LogP contribution >= 0.6 is 0 Å². The van der Waals surface area contributed by atoms with Crippen molar-refractivity contribution >= 4 is 15.9 Å². The number of rotatable bonds is 7. The number of aromatic nitrogens is 2. The molecule has 0 bridgehead atoms. The molecule has 0 N–H and O–H groups in total. The van der Waals surface area contributed by atoms with Gasteiger partial charge in [0.15, 0.2) is 11.5 Å². The van der Waals surface area contributed by atoms with Crippen molar-refractivity contribution in [2.75, 3.05) is 28.4 Å². The third-order valence-corrected chi connectivity index (χ3v) is 6.68. The molecule has 2 heterocycles. The molecule has 11 nitrogen and oxygen atoms in total. The van der Waals surface area contributed by atoms with Crippen LogP contribution in [0.25, 0.3) is 11.4 Å². The zero-order valence-corrected chi connectivity index (χ0v) is 18.4. The quantitative estimate of drug-likeness (QED) is 0.515. The van der Waals surface area contributed by atoms with E-state index in [4.69, 9.17) is 23.5 Å². The van der Waals surface area contributed by atoms with Gasteiger partial charge < -0.3 is 23.5 Å². The van der Waals surface area contributed by atoms with Crippen molar-refractivity contribution in [3.63, 3.8) is 0 Å². The lowest BCUT2D eigenvalue weighted by Gasteiger charge is -2.12. The molecule has 32 heavy (non-hydrogen) atoms. The highest BCUT2D eigenvalue weighted by molar-refractivity contribution is 7.90. The van der Waals surface area contributed by atoms with Gasteiger partial charge in [0.1, 0.15) is 22.9 Å². The molecular weight excluding hydrogens is 442 g/mol. The maximum absolute atomic E-state index is 13.0. The largest absolute Gasteiger partial charge is 0.497 e. The van der Waals surface area contributed by atoms with E-state index >= 15 is 0 Å². The van der Waals surface area contributed by atoms with Crippen LogP contribution in [0.5, 0.6) is 23.0 Å². The average Bonchev–Trinajstić information content (AvgIpc) is 3.34. The Morgan fingerprint density at radius 1 is 0.906 bits per heavy atom. The van der Waals surface area contributed by atoms with Crippen molar-refractivity contribution in [3.8, 4) is 34.4 Å². The van der Waals surface area contributed by atoms with Gasteiger partial charge in [-0.1, -0.05) is 5.16 Å². The van der Waals surface area contributed by atoms with Crippen LogP contribution in [-0.2, 0) is 16.6 Å². The van der Waals surface area contributed by atoms with E-state index in [0.717, 1.165) is 0 Å². The van der Waals surface area contributed by atoms with Gasteiger partial charge in [0.2, 0.25) is 11.7 Å². The predicted molar refractivity (Wildman–Crippen MR) is 109 cm³/mol. The lowest BCUT2D eigenvalue weighted by Crippen LogP contribution is -2.29. The summed E-state index contributed by atoms with van der Waals surface area (Å²) in [7, 11) is 1.62. The second kappa shape index (κ2) is 8.04. The number of sulfonamides is 1. The number of carbonyl (C=O) groups is 1. The number of hydrogen-bond donors (Lipinski definition) is 0. The molecule has 0 atom stereocenters. The number of nitrogens with zero attached hydrogens (tertiary/aromatic N) is 3. The van der Waals surface area contributed by atoms with Crippen molar-refractivity contribution in [2.45, 2.75) is 11.4 Å². The summed E-state index contributed by atoms with van der Waals surface area (Å²) in [5.74, 6) is 0.813. The SMILES string of the molecule is COc1ccc(-c2noc(CN3C(=O)c4cc(OC)c(OC)cc4S3(=O)=O)n2)c(OC)c1. The predicted octanol–water partition coefficient (Wildman–Crippen LogP) is 2.12. The van der Waals surface area contributed by atoms with Crippen molar-refractivity contribution in [1.29, 1.82) is 0 Å². The Morgan fingerprint density at radius 2 is 1.59 bits per heavy atom. The van der Waals surface area contributed by atoms with E-state index in [2.05, 4.69) is 10.1 Å². The fourth-order valence-corrected chi connectivity index (χ4v) is 4.81. The minimum Gasteiger partial charge on any atom is -0.497 e. The summed E-state index contributed by atoms with van der Waals surface area (Å²) >= 11 is 0. The Kier molecular flexibility index (Phi) is 5.38. The van der Waals surface area contributed by atoms with Crippen LogP contribution in [-0.4, -0.2) is 57.2 Å². The monoisotopic (exact) mass is 461 g/mol. The van der Waals surface area contributed by atoms with Crippen molar-refractivity contribution in [3.05, 3.63) is 41.8 Å². The second-order valence-electron chi connectivity index (χ2n) is 6.60. The maximum Gasteiger partial charge on any atom is 0.269 e. The summed E-state index contributed by atoms with van der Waals surface area (Å²) < 4.78 is 52.7. The smallest absolute Gasteiger partial charge is 0.269 e. The number of hydrogen-bond acceptors (Lipinski definition) is 10. The maximum atomic E-state index is 13.0. The van der Waals surface area contributed by atoms with Gasteiger partial charge in [-0.15, -0.1) is 0 Å². The molecule has 1 aliphatic rings. The van der Waals surface area contributed by atoms with E-state index in [1.54, 1.807) is 18.2 Å². The van der Waals surface area contributed by atoms with Crippen molar-refractivity contribution in [2.24, 2.45) is 0 Å². The van der Waals surface area contributed by atoms with Gasteiger partial charge in [-0.05, 0) is 18.2 Å². The Morgan fingerprint density at radius 3 is 2.25 bits per heavy atom. The highest BCUT2D eigenvalue weighted by Crippen LogP contribution is 2.39. The third-order valence-electron chi connectivity index (χ3n) is 4.91. The lowest BCUT2D eigenvalue weighted by atomic mass is 10.2. The van der Waals surface area contributed by atoms with E-state index in [9.17, 15) is 13.2 Å². The molecule has 0 radical (unpaired) electrons. The Labute approximate surface area is 183 Å². The molecular formula is C20H19N3O8S. The van der Waals surface area contributed by atoms with Gasteiger partial charge in [-0.3, -0.25) is 4.79 Å². The van der Waals surface area contributed by atoms with Gasteiger partial charge in [0.25, 0.3) is 15.9 Å². The average molecular weight is 461 g/mol. The van der Waals surface area contributed by atoms with Gasteiger partial charge in [-0.2, -0.15) is 4.98 Å². The first-order chi connectivity index (χ1) is 15.3. The molecule has 168 valence electrons. The van der Waals surface area contributed by atoms with Crippen LogP contribution in [0, 0.1) is 0 Å². The molecule has 0 saturated carbocycles. The molecule has 0 saturated heterocycles. The summed E-state index contributed by atoms with van der Waals surface area (Å²) in [6.07, 6.45) is 0. The van der Waals surface area contributed by atoms with Gasteiger partial charge in [0, 0.05) is 12.1 Å². The number of fused-ring (bicyclic) bond motifs is 1. The van der Waals surface area contributed by atoms with Crippen LogP contribution in [0.4, 0.5) is 0 Å². The van der Waals surface area contributed by atoms with Crippen molar-refractivity contribution < 1.29 is 36.7 Å². The highest BCUT2D eigenvalue weighted by Gasteiger charge is 2.43. The zero-order chi connectivity index (χ0) is 23.0. The van der Waals surface area contributed by atoms with Crippen LogP contribution in [0.15, 0.2) is 39.8 Å². The fraction of sp³-hybridized carbons (Fsp3) is 0.250. The summed E-state index contributed by atoms with van der Waals surface area (Å²) in [5, 5.41) is 3.89. The molecule has 0 aliphatic carbocycles. The number of carbonyl (C=O) groups excluding carboxylic acids is 1. The first kappa shape index (κ1) is 21.4. The Hall–Kier alpha value is -3.80. The summed E-state index contributed by atoms with van der Waals surface area (Å²) in [6.45, 7) is -0.439. The summed E-state index contributed by atoms with van der Waals surface area (Å²) in [5.41, 5.74) is 0.482. The van der Waals surface area contributed by atoms with Gasteiger partial charge >= 0.3 is 0 Å². The molecule has 1 aliphatic heterocycles. The minimum atomic E-state index is -4.15. The molecule has 3 aromatic rings. The van der Waals surface area contributed by atoms with Crippen LogP contribution in [0.1, 0.15) is 16.2 Å². The molecule has 1 amide bonds. The number of ether oxygens (including phenoxy) is 4. The standard InChI is InChI=1S/C20H19N3O8S/c1-27-11-5-6-12(14(7-11)28-2)19-21-18(31-22-19)10-23-20(24)13-8-15(29-3)16(30-4)9-17(13)32(23,25)26/h5-9H,10H2,1-4H3. The molecule has 1 aromatic heterocycles. The first-order valence-corrected chi connectivity index (χ1v) is 10.7. The normalized spacial score (nSPS) is 14.2. The molecule has 12 heteroatoms.